The summed E-state index contributed by atoms with van der Waals surface area (Å²) in [6, 6.07) is 7.23. The van der Waals surface area contributed by atoms with Crippen LogP contribution in [0.1, 0.15) is 24.4 Å². The van der Waals surface area contributed by atoms with Gasteiger partial charge in [0, 0.05) is 26.0 Å². The van der Waals surface area contributed by atoms with Gasteiger partial charge in [0.2, 0.25) is 0 Å². The molecule has 1 N–H and O–H groups in total. The van der Waals surface area contributed by atoms with Crippen LogP contribution in [0, 0.1) is 0 Å². The number of benzene rings is 1. The lowest BCUT2D eigenvalue weighted by molar-refractivity contribution is 0.0186. The molecule has 134 valence electrons. The molecule has 1 aromatic heterocycles. The Morgan fingerprint density at radius 2 is 2.32 bits per heavy atom. The van der Waals surface area contributed by atoms with Crippen LogP contribution >= 0.6 is 0 Å². The zero-order chi connectivity index (χ0) is 17.8. The third-order valence-corrected chi connectivity index (χ3v) is 4.44. The SMILES string of the molecule is COc1cccc([C@H](NC(=O)N2CCOC[C@H]2C)c2nccn2C)c1. The number of urea groups is 1. The van der Waals surface area contributed by atoms with Gasteiger partial charge in [0.1, 0.15) is 17.6 Å². The van der Waals surface area contributed by atoms with Crippen molar-refractivity contribution in [1.82, 2.24) is 19.8 Å². The first-order chi connectivity index (χ1) is 12.1. The van der Waals surface area contributed by atoms with Gasteiger partial charge in [-0.2, -0.15) is 0 Å². The van der Waals surface area contributed by atoms with E-state index in [0.29, 0.717) is 19.8 Å². The molecule has 0 bridgehead atoms. The van der Waals surface area contributed by atoms with Crippen molar-refractivity contribution >= 4 is 6.03 Å². The summed E-state index contributed by atoms with van der Waals surface area (Å²) in [6.07, 6.45) is 3.60. The van der Waals surface area contributed by atoms with Crippen LogP contribution in [0.25, 0.3) is 0 Å². The van der Waals surface area contributed by atoms with Crippen LogP contribution in [-0.4, -0.2) is 53.4 Å². The Hall–Kier alpha value is -2.54. The minimum absolute atomic E-state index is 0.0427. The van der Waals surface area contributed by atoms with Crippen molar-refractivity contribution in [1.29, 1.82) is 0 Å². The summed E-state index contributed by atoms with van der Waals surface area (Å²) in [5.41, 5.74) is 0.919. The normalized spacial score (nSPS) is 18.7. The number of hydrogen-bond donors (Lipinski definition) is 1. The molecular formula is C18H24N4O3. The second kappa shape index (κ2) is 7.57. The average Bonchev–Trinajstić information content (AvgIpc) is 3.05. The first kappa shape index (κ1) is 17.3. The fraction of sp³-hybridized carbons (Fsp3) is 0.444. The van der Waals surface area contributed by atoms with E-state index >= 15 is 0 Å². The van der Waals surface area contributed by atoms with Crippen molar-refractivity contribution in [2.75, 3.05) is 26.9 Å². The molecule has 2 aromatic rings. The Balaban J connectivity index is 1.89. The quantitative estimate of drug-likeness (QED) is 0.920. The molecule has 0 spiro atoms. The zero-order valence-electron chi connectivity index (χ0n) is 14.8. The maximum Gasteiger partial charge on any atom is 0.318 e. The number of ether oxygens (including phenoxy) is 2. The number of carbonyl (C=O) groups excluding carboxylic acids is 1. The summed E-state index contributed by atoms with van der Waals surface area (Å²) in [5.74, 6) is 1.51. The van der Waals surface area contributed by atoms with Crippen LogP contribution < -0.4 is 10.1 Å². The fourth-order valence-corrected chi connectivity index (χ4v) is 3.01. The topological polar surface area (TPSA) is 68.6 Å². The highest BCUT2D eigenvalue weighted by Crippen LogP contribution is 2.24. The number of methoxy groups -OCH3 is 1. The van der Waals surface area contributed by atoms with E-state index in [4.69, 9.17) is 9.47 Å². The lowest BCUT2D eigenvalue weighted by Crippen LogP contribution is -2.52. The number of aryl methyl sites for hydroxylation is 1. The van der Waals surface area contributed by atoms with Gasteiger partial charge < -0.3 is 24.3 Å². The molecule has 1 fully saturated rings. The Labute approximate surface area is 147 Å². The number of imidazole rings is 1. The molecule has 0 unspecified atom stereocenters. The van der Waals surface area contributed by atoms with Gasteiger partial charge >= 0.3 is 6.03 Å². The lowest BCUT2D eigenvalue weighted by atomic mass is 10.1. The highest BCUT2D eigenvalue weighted by Gasteiger charge is 2.28. The molecule has 2 heterocycles. The standard InChI is InChI=1S/C18H24N4O3/c1-13-12-25-10-9-22(13)18(23)20-16(17-19-7-8-21(17)2)14-5-4-6-15(11-14)24-3/h4-8,11,13,16H,9-10,12H2,1-3H3,(H,20,23)/t13-,16+/m1/s1. The number of morpholine rings is 1. The van der Waals surface area contributed by atoms with Gasteiger partial charge in [-0.15, -0.1) is 0 Å². The van der Waals surface area contributed by atoms with Crippen molar-refractivity contribution in [2.45, 2.75) is 19.0 Å². The molecule has 0 aliphatic carbocycles. The molecule has 1 saturated heterocycles. The molecule has 0 saturated carbocycles. The summed E-state index contributed by atoms with van der Waals surface area (Å²) in [6.45, 7) is 3.68. The molecule has 7 heteroatoms. The summed E-state index contributed by atoms with van der Waals surface area (Å²) in [7, 11) is 3.54. The highest BCUT2D eigenvalue weighted by molar-refractivity contribution is 5.75. The van der Waals surface area contributed by atoms with Crippen LogP contribution in [-0.2, 0) is 11.8 Å². The van der Waals surface area contributed by atoms with E-state index in [0.717, 1.165) is 17.1 Å². The Morgan fingerprint density at radius 3 is 3.00 bits per heavy atom. The monoisotopic (exact) mass is 344 g/mol. The Bertz CT molecular complexity index is 731. The Morgan fingerprint density at radius 1 is 1.48 bits per heavy atom. The summed E-state index contributed by atoms with van der Waals surface area (Å²) in [4.78, 5) is 19.1. The predicted octanol–water partition coefficient (Wildman–Crippen LogP) is 1.95. The smallest absolute Gasteiger partial charge is 0.318 e. The number of aromatic nitrogens is 2. The second-order valence-corrected chi connectivity index (χ2v) is 6.17. The molecular weight excluding hydrogens is 320 g/mol. The van der Waals surface area contributed by atoms with Crippen LogP contribution in [0.3, 0.4) is 0 Å². The molecule has 2 amide bonds. The first-order valence-corrected chi connectivity index (χ1v) is 8.36. The summed E-state index contributed by atoms with van der Waals surface area (Å²) < 4.78 is 12.7. The van der Waals surface area contributed by atoms with Gasteiger partial charge in [0.05, 0.1) is 26.4 Å². The molecule has 1 aromatic carbocycles. The van der Waals surface area contributed by atoms with Crippen molar-refractivity contribution in [2.24, 2.45) is 7.05 Å². The number of rotatable bonds is 4. The van der Waals surface area contributed by atoms with E-state index in [9.17, 15) is 4.79 Å². The minimum atomic E-state index is -0.363. The second-order valence-electron chi connectivity index (χ2n) is 6.17. The van der Waals surface area contributed by atoms with E-state index in [2.05, 4.69) is 10.3 Å². The molecule has 0 radical (unpaired) electrons. The van der Waals surface area contributed by atoms with Crippen molar-refractivity contribution in [3.8, 4) is 5.75 Å². The number of carbonyl (C=O) groups is 1. The largest absolute Gasteiger partial charge is 0.497 e. The summed E-state index contributed by atoms with van der Waals surface area (Å²) >= 11 is 0. The molecule has 25 heavy (non-hydrogen) atoms. The van der Waals surface area contributed by atoms with Gasteiger partial charge in [-0.3, -0.25) is 0 Å². The Kier molecular flexibility index (Phi) is 5.23. The van der Waals surface area contributed by atoms with E-state index in [1.165, 1.54) is 0 Å². The number of nitrogens with one attached hydrogen (secondary N) is 1. The number of hydrogen-bond acceptors (Lipinski definition) is 4. The maximum absolute atomic E-state index is 12.8. The molecule has 2 atom stereocenters. The van der Waals surface area contributed by atoms with Gasteiger partial charge in [-0.1, -0.05) is 12.1 Å². The maximum atomic E-state index is 12.8. The van der Waals surface area contributed by atoms with E-state index < -0.39 is 0 Å². The van der Waals surface area contributed by atoms with Crippen LogP contribution in [0.4, 0.5) is 4.79 Å². The van der Waals surface area contributed by atoms with Gasteiger partial charge in [0.15, 0.2) is 0 Å². The van der Waals surface area contributed by atoms with E-state index in [1.54, 1.807) is 18.2 Å². The fourth-order valence-electron chi connectivity index (χ4n) is 3.01. The van der Waals surface area contributed by atoms with Gasteiger partial charge in [-0.05, 0) is 24.6 Å². The number of amides is 2. The third-order valence-electron chi connectivity index (χ3n) is 4.44. The first-order valence-electron chi connectivity index (χ1n) is 8.36. The molecule has 3 rings (SSSR count). The molecule has 7 nitrogen and oxygen atoms in total. The zero-order valence-corrected chi connectivity index (χ0v) is 14.8. The number of nitrogens with zero attached hydrogens (tertiary/aromatic N) is 3. The van der Waals surface area contributed by atoms with Crippen LogP contribution in [0.15, 0.2) is 36.7 Å². The highest BCUT2D eigenvalue weighted by atomic mass is 16.5. The van der Waals surface area contributed by atoms with Crippen molar-refractivity contribution < 1.29 is 14.3 Å². The minimum Gasteiger partial charge on any atom is -0.497 e. The van der Waals surface area contributed by atoms with E-state index in [1.807, 2.05) is 49.0 Å². The summed E-state index contributed by atoms with van der Waals surface area (Å²) in [5, 5.41) is 3.12. The van der Waals surface area contributed by atoms with E-state index in [-0.39, 0.29) is 18.1 Å². The predicted molar refractivity (Wildman–Crippen MR) is 93.6 cm³/mol. The molecule has 1 aliphatic rings. The van der Waals surface area contributed by atoms with Gasteiger partial charge in [-0.25, -0.2) is 9.78 Å². The van der Waals surface area contributed by atoms with Crippen LogP contribution in [0.2, 0.25) is 0 Å². The van der Waals surface area contributed by atoms with Crippen molar-refractivity contribution in [3.63, 3.8) is 0 Å². The average molecular weight is 344 g/mol. The molecule has 1 aliphatic heterocycles. The van der Waals surface area contributed by atoms with Crippen molar-refractivity contribution in [3.05, 3.63) is 48.0 Å². The van der Waals surface area contributed by atoms with Gasteiger partial charge in [0.25, 0.3) is 0 Å². The lowest BCUT2D eigenvalue weighted by Gasteiger charge is -2.34. The van der Waals surface area contributed by atoms with Crippen LogP contribution in [0.5, 0.6) is 5.75 Å². The third kappa shape index (κ3) is 3.76.